The van der Waals surface area contributed by atoms with Gasteiger partial charge in [0.25, 0.3) is 0 Å². The lowest BCUT2D eigenvalue weighted by molar-refractivity contribution is 0.0170. The van der Waals surface area contributed by atoms with E-state index >= 15 is 0 Å². The molecule has 184 valence electrons. The van der Waals surface area contributed by atoms with Gasteiger partial charge in [-0.2, -0.15) is 0 Å². The molecule has 7 nitrogen and oxygen atoms in total. The molecule has 0 bridgehead atoms. The van der Waals surface area contributed by atoms with E-state index in [1.54, 1.807) is 7.11 Å². The number of rotatable bonds is 9. The fourth-order valence-electron chi connectivity index (χ4n) is 4.41. The van der Waals surface area contributed by atoms with Gasteiger partial charge in [0, 0.05) is 50.3 Å². The number of fused-ring (bicyclic) bond motifs is 1. The summed E-state index contributed by atoms with van der Waals surface area (Å²) < 4.78 is 10.9. The maximum absolute atomic E-state index is 5.57. The molecule has 34 heavy (non-hydrogen) atoms. The Kier molecular flexibility index (Phi) is 10.5. The fourth-order valence-corrected chi connectivity index (χ4v) is 4.41. The molecule has 0 radical (unpaired) electrons. The van der Waals surface area contributed by atoms with Gasteiger partial charge in [-0.25, -0.2) is 0 Å². The van der Waals surface area contributed by atoms with E-state index in [9.17, 15) is 0 Å². The number of methoxy groups -OCH3 is 1. The van der Waals surface area contributed by atoms with Crippen LogP contribution in [0.1, 0.15) is 23.6 Å². The molecule has 0 amide bonds. The molecule has 3 aromatic rings. The van der Waals surface area contributed by atoms with Crippen LogP contribution in [0, 0.1) is 0 Å². The zero-order chi connectivity index (χ0) is 22.9. The number of aromatic amines is 1. The summed E-state index contributed by atoms with van der Waals surface area (Å²) in [6, 6.07) is 17.1. The first-order valence-electron chi connectivity index (χ1n) is 11.7. The number of halogens is 1. The standard InChI is InChI=1S/C26H35N5O2.HI/c1-27-26(28-13-5-6-21-18-29-24-8-4-3-7-23(21)24)30-19-25(31-14-16-33-17-15-31)20-9-11-22(32-2)12-10-20;/h3-4,7-12,18,25,29H,5-6,13-17,19H2,1-2H3,(H2,27,28,30);1H. The van der Waals surface area contributed by atoms with Crippen molar-refractivity contribution in [3.63, 3.8) is 0 Å². The summed E-state index contributed by atoms with van der Waals surface area (Å²) >= 11 is 0. The van der Waals surface area contributed by atoms with Crippen LogP contribution in [0.2, 0.25) is 0 Å². The Morgan fingerprint density at radius 3 is 2.62 bits per heavy atom. The zero-order valence-corrected chi connectivity index (χ0v) is 22.4. The van der Waals surface area contributed by atoms with Crippen molar-refractivity contribution in [2.75, 3.05) is 53.6 Å². The van der Waals surface area contributed by atoms with E-state index in [1.807, 2.05) is 19.2 Å². The normalized spacial score (nSPS) is 15.5. The summed E-state index contributed by atoms with van der Waals surface area (Å²) in [5, 5.41) is 8.32. The van der Waals surface area contributed by atoms with Crippen LogP contribution in [0.4, 0.5) is 0 Å². The van der Waals surface area contributed by atoms with E-state index in [2.05, 4.69) is 68.1 Å². The monoisotopic (exact) mass is 577 g/mol. The highest BCUT2D eigenvalue weighted by atomic mass is 127. The van der Waals surface area contributed by atoms with Gasteiger partial charge in [-0.15, -0.1) is 24.0 Å². The molecule has 0 aliphatic carbocycles. The van der Waals surface area contributed by atoms with Crippen LogP contribution >= 0.6 is 24.0 Å². The van der Waals surface area contributed by atoms with Crippen LogP contribution in [0.25, 0.3) is 10.9 Å². The van der Waals surface area contributed by atoms with E-state index in [4.69, 9.17) is 9.47 Å². The number of hydrogen-bond donors (Lipinski definition) is 3. The first-order valence-corrected chi connectivity index (χ1v) is 11.7. The summed E-state index contributed by atoms with van der Waals surface area (Å²) in [7, 11) is 3.52. The van der Waals surface area contributed by atoms with Crippen molar-refractivity contribution >= 4 is 40.8 Å². The predicted molar refractivity (Wildman–Crippen MR) is 150 cm³/mol. The van der Waals surface area contributed by atoms with Gasteiger partial charge in [0.05, 0.1) is 26.4 Å². The van der Waals surface area contributed by atoms with E-state index in [0.717, 1.165) is 63.9 Å². The second-order valence-corrected chi connectivity index (χ2v) is 8.28. The molecule has 3 N–H and O–H groups in total. The van der Waals surface area contributed by atoms with Crippen molar-refractivity contribution in [3.8, 4) is 5.75 Å². The number of H-pyrrole nitrogens is 1. The van der Waals surface area contributed by atoms with Crippen molar-refractivity contribution in [2.24, 2.45) is 4.99 Å². The van der Waals surface area contributed by atoms with Crippen LogP contribution in [0.5, 0.6) is 5.75 Å². The van der Waals surface area contributed by atoms with Crippen LogP contribution in [-0.4, -0.2) is 69.4 Å². The van der Waals surface area contributed by atoms with Gasteiger partial charge in [-0.05, 0) is 42.2 Å². The highest BCUT2D eigenvalue weighted by Gasteiger charge is 2.23. The first-order chi connectivity index (χ1) is 16.3. The van der Waals surface area contributed by atoms with E-state index in [-0.39, 0.29) is 30.0 Å². The summed E-state index contributed by atoms with van der Waals surface area (Å²) in [4.78, 5) is 10.3. The molecule has 1 aliphatic heterocycles. The molecule has 0 saturated carbocycles. The number of benzene rings is 2. The van der Waals surface area contributed by atoms with Gasteiger partial charge < -0.3 is 25.1 Å². The molecule has 8 heteroatoms. The molecule has 1 fully saturated rings. The number of morpholine rings is 1. The largest absolute Gasteiger partial charge is 0.497 e. The van der Waals surface area contributed by atoms with Crippen LogP contribution in [0.3, 0.4) is 0 Å². The minimum absolute atomic E-state index is 0. The minimum atomic E-state index is 0. The summed E-state index contributed by atoms with van der Waals surface area (Å²) in [5.74, 6) is 1.71. The van der Waals surface area contributed by atoms with Gasteiger partial charge >= 0.3 is 0 Å². The highest BCUT2D eigenvalue weighted by Crippen LogP contribution is 2.24. The summed E-state index contributed by atoms with van der Waals surface area (Å²) in [5.41, 5.74) is 3.83. The molecule has 1 atom stereocenters. The average Bonchev–Trinajstić information content (AvgIpc) is 3.29. The van der Waals surface area contributed by atoms with Gasteiger partial charge in [0.15, 0.2) is 5.96 Å². The average molecular weight is 578 g/mol. The van der Waals surface area contributed by atoms with Crippen LogP contribution in [0.15, 0.2) is 59.7 Å². The number of guanidine groups is 1. The van der Waals surface area contributed by atoms with Crippen molar-refractivity contribution in [3.05, 3.63) is 65.9 Å². The second-order valence-electron chi connectivity index (χ2n) is 8.28. The van der Waals surface area contributed by atoms with Gasteiger partial charge in [0.2, 0.25) is 0 Å². The highest BCUT2D eigenvalue weighted by molar-refractivity contribution is 14.0. The molecule has 2 heterocycles. The Bertz CT molecular complexity index is 1030. The lowest BCUT2D eigenvalue weighted by Crippen LogP contribution is -2.46. The molecular formula is C26H36IN5O2. The Morgan fingerprint density at radius 2 is 1.88 bits per heavy atom. The molecule has 1 saturated heterocycles. The van der Waals surface area contributed by atoms with Crippen LogP contribution < -0.4 is 15.4 Å². The number of nitrogens with one attached hydrogen (secondary N) is 3. The van der Waals surface area contributed by atoms with Crippen molar-refractivity contribution in [1.29, 1.82) is 0 Å². The smallest absolute Gasteiger partial charge is 0.191 e. The minimum Gasteiger partial charge on any atom is -0.497 e. The van der Waals surface area contributed by atoms with E-state index in [0.29, 0.717) is 0 Å². The Morgan fingerprint density at radius 1 is 1.12 bits per heavy atom. The number of aliphatic imine (C=N–C) groups is 1. The molecule has 1 aliphatic rings. The number of aryl methyl sites for hydroxylation is 1. The van der Waals surface area contributed by atoms with Crippen molar-refractivity contribution in [1.82, 2.24) is 20.5 Å². The van der Waals surface area contributed by atoms with Gasteiger partial charge in [-0.3, -0.25) is 9.89 Å². The van der Waals surface area contributed by atoms with Gasteiger partial charge in [-0.1, -0.05) is 30.3 Å². The third-order valence-electron chi connectivity index (χ3n) is 6.26. The molecule has 4 rings (SSSR count). The number of aromatic nitrogens is 1. The Balaban J connectivity index is 0.00000324. The Hall–Kier alpha value is -2.30. The first kappa shape index (κ1) is 26.3. The third kappa shape index (κ3) is 6.86. The van der Waals surface area contributed by atoms with Crippen molar-refractivity contribution in [2.45, 2.75) is 18.9 Å². The van der Waals surface area contributed by atoms with Crippen molar-refractivity contribution < 1.29 is 9.47 Å². The topological polar surface area (TPSA) is 73.9 Å². The number of nitrogens with zero attached hydrogens (tertiary/aromatic N) is 2. The Labute approximate surface area is 219 Å². The molecule has 1 aromatic heterocycles. The molecule has 0 spiro atoms. The molecule has 2 aromatic carbocycles. The predicted octanol–water partition coefficient (Wildman–Crippen LogP) is 3.97. The van der Waals surface area contributed by atoms with Crippen LogP contribution in [-0.2, 0) is 11.2 Å². The number of hydrogen-bond acceptors (Lipinski definition) is 4. The summed E-state index contributed by atoms with van der Waals surface area (Å²) in [6.07, 6.45) is 4.18. The zero-order valence-electron chi connectivity index (χ0n) is 20.0. The second kappa shape index (κ2) is 13.6. The van der Waals surface area contributed by atoms with E-state index in [1.165, 1.54) is 22.0 Å². The SMILES string of the molecule is CN=C(NCCCc1c[nH]c2ccccc12)NCC(c1ccc(OC)cc1)N1CCOCC1.I. The number of ether oxygens (including phenoxy) is 2. The maximum atomic E-state index is 5.57. The van der Waals surface area contributed by atoms with Gasteiger partial charge in [0.1, 0.15) is 5.75 Å². The summed E-state index contributed by atoms with van der Waals surface area (Å²) in [6.45, 7) is 5.03. The molecule has 1 unspecified atom stereocenters. The quantitative estimate of drug-likeness (QED) is 0.156. The fraction of sp³-hybridized carbons (Fsp3) is 0.423. The lowest BCUT2D eigenvalue weighted by atomic mass is 10.0. The number of para-hydroxylation sites is 1. The van der Waals surface area contributed by atoms with E-state index < -0.39 is 0 Å². The maximum Gasteiger partial charge on any atom is 0.191 e. The lowest BCUT2D eigenvalue weighted by Gasteiger charge is -2.35. The molecular weight excluding hydrogens is 541 g/mol. The third-order valence-corrected chi connectivity index (χ3v) is 6.26.